The van der Waals surface area contributed by atoms with Crippen molar-refractivity contribution >= 4 is 11.7 Å². The van der Waals surface area contributed by atoms with E-state index >= 15 is 0 Å². The van der Waals surface area contributed by atoms with Gasteiger partial charge >= 0.3 is 0 Å². The third-order valence-electron chi connectivity index (χ3n) is 3.93. The predicted octanol–water partition coefficient (Wildman–Crippen LogP) is 2.70. The number of carbonyl (C=O) groups excluding carboxylic acids is 1. The van der Waals surface area contributed by atoms with Gasteiger partial charge in [-0.2, -0.15) is 5.10 Å². The van der Waals surface area contributed by atoms with Crippen molar-refractivity contribution in [1.82, 2.24) is 14.8 Å². The van der Waals surface area contributed by atoms with Gasteiger partial charge in [0.25, 0.3) is 0 Å². The van der Waals surface area contributed by atoms with Gasteiger partial charge in [-0.25, -0.2) is 4.98 Å². The Kier molecular flexibility index (Phi) is 6.11. The number of methoxy groups -OCH3 is 1. The van der Waals surface area contributed by atoms with Gasteiger partial charge in [-0.15, -0.1) is 0 Å². The fourth-order valence-corrected chi connectivity index (χ4v) is 2.65. The first-order valence-electron chi connectivity index (χ1n) is 8.52. The normalized spacial score (nSPS) is 10.7. The second-order valence-electron chi connectivity index (χ2n) is 6.05. The highest BCUT2D eigenvalue weighted by Crippen LogP contribution is 2.09. The molecular weight excluding hydrogens is 328 g/mol. The van der Waals surface area contributed by atoms with Crippen molar-refractivity contribution in [2.75, 3.05) is 19.0 Å². The van der Waals surface area contributed by atoms with Crippen LogP contribution in [0.1, 0.15) is 16.7 Å². The molecule has 0 unspecified atom stereocenters. The van der Waals surface area contributed by atoms with E-state index in [-0.39, 0.29) is 12.3 Å². The average Bonchev–Trinajstić information content (AvgIpc) is 3.07. The van der Waals surface area contributed by atoms with Crippen LogP contribution in [-0.2, 0) is 28.9 Å². The van der Waals surface area contributed by atoms with Crippen molar-refractivity contribution in [3.05, 3.63) is 77.7 Å². The summed E-state index contributed by atoms with van der Waals surface area (Å²) in [5.41, 5.74) is 3.12. The highest BCUT2D eigenvalue weighted by Gasteiger charge is 2.08. The number of carbonyl (C=O) groups is 1. The highest BCUT2D eigenvalue weighted by molar-refractivity contribution is 5.91. The van der Waals surface area contributed by atoms with E-state index < -0.39 is 0 Å². The van der Waals surface area contributed by atoms with Gasteiger partial charge in [-0.1, -0.05) is 30.3 Å². The lowest BCUT2D eigenvalue weighted by atomic mass is 10.2. The van der Waals surface area contributed by atoms with E-state index in [1.807, 2.05) is 41.2 Å². The molecule has 26 heavy (non-hydrogen) atoms. The van der Waals surface area contributed by atoms with E-state index in [2.05, 4.69) is 27.5 Å². The molecule has 3 aromatic rings. The van der Waals surface area contributed by atoms with Crippen molar-refractivity contribution in [1.29, 1.82) is 0 Å². The summed E-state index contributed by atoms with van der Waals surface area (Å²) < 4.78 is 6.91. The number of aromatic nitrogens is 3. The molecule has 0 atom stereocenters. The molecule has 0 bridgehead atoms. The van der Waals surface area contributed by atoms with Crippen LogP contribution in [0, 0.1) is 0 Å². The Bertz CT molecular complexity index is 846. The van der Waals surface area contributed by atoms with Crippen molar-refractivity contribution in [2.45, 2.75) is 19.4 Å². The minimum absolute atomic E-state index is 0.111. The quantitative estimate of drug-likeness (QED) is 0.678. The Balaban J connectivity index is 1.55. The van der Waals surface area contributed by atoms with Gasteiger partial charge in [-0.3, -0.25) is 9.48 Å². The lowest BCUT2D eigenvalue weighted by Gasteiger charge is -2.06. The number of rotatable bonds is 8. The van der Waals surface area contributed by atoms with Crippen molar-refractivity contribution in [3.8, 4) is 0 Å². The number of amides is 1. The predicted molar refractivity (Wildman–Crippen MR) is 99.9 cm³/mol. The maximum Gasteiger partial charge on any atom is 0.230 e. The molecule has 1 N–H and O–H groups in total. The first-order valence-corrected chi connectivity index (χ1v) is 8.52. The zero-order valence-electron chi connectivity index (χ0n) is 14.8. The van der Waals surface area contributed by atoms with Crippen molar-refractivity contribution in [3.63, 3.8) is 0 Å². The molecule has 134 valence electrons. The third kappa shape index (κ3) is 5.26. The van der Waals surface area contributed by atoms with Crippen LogP contribution in [0.5, 0.6) is 0 Å². The Morgan fingerprint density at radius 1 is 1.15 bits per heavy atom. The fraction of sp³-hybridized carbons (Fsp3) is 0.250. The monoisotopic (exact) mass is 350 g/mol. The molecule has 0 aliphatic heterocycles. The number of nitrogens with zero attached hydrogens (tertiary/aromatic N) is 3. The van der Waals surface area contributed by atoms with E-state index in [1.165, 1.54) is 5.56 Å². The van der Waals surface area contributed by atoms with E-state index in [0.29, 0.717) is 19.0 Å². The van der Waals surface area contributed by atoms with Crippen LogP contribution in [0.3, 0.4) is 0 Å². The van der Waals surface area contributed by atoms with Gasteiger partial charge in [0.15, 0.2) is 0 Å². The number of hydrogen-bond acceptors (Lipinski definition) is 4. The number of hydrogen-bond donors (Lipinski definition) is 1. The largest absolute Gasteiger partial charge is 0.384 e. The van der Waals surface area contributed by atoms with E-state index in [4.69, 9.17) is 4.74 Å². The molecule has 1 amide bonds. The molecule has 3 rings (SSSR count). The van der Waals surface area contributed by atoms with Gasteiger partial charge in [0.2, 0.25) is 5.91 Å². The van der Waals surface area contributed by atoms with Crippen molar-refractivity contribution in [2.24, 2.45) is 0 Å². The first kappa shape index (κ1) is 17.8. The fourth-order valence-electron chi connectivity index (χ4n) is 2.65. The molecule has 0 radical (unpaired) electrons. The van der Waals surface area contributed by atoms with E-state index in [9.17, 15) is 4.79 Å². The smallest absolute Gasteiger partial charge is 0.230 e. The summed E-state index contributed by atoms with van der Waals surface area (Å²) in [5.74, 6) is 0.445. The standard InChI is InChI=1S/C20H22N4O2/c1-26-10-8-16-7-9-21-19(11-16)23-20(25)12-18-13-22-24(15-18)14-17-5-3-2-4-6-17/h2-7,9,11,13,15H,8,10,12,14H2,1H3,(H,21,23,25). The van der Waals surface area contributed by atoms with Gasteiger partial charge < -0.3 is 10.1 Å². The van der Waals surface area contributed by atoms with Gasteiger partial charge in [0.05, 0.1) is 25.8 Å². The molecule has 2 aromatic heterocycles. The maximum atomic E-state index is 12.3. The summed E-state index contributed by atoms with van der Waals surface area (Å²) >= 11 is 0. The molecule has 0 spiro atoms. The molecular formula is C20H22N4O2. The van der Waals surface area contributed by atoms with Crippen molar-refractivity contribution < 1.29 is 9.53 Å². The zero-order chi connectivity index (χ0) is 18.2. The van der Waals surface area contributed by atoms with Crippen LogP contribution in [0.4, 0.5) is 5.82 Å². The topological polar surface area (TPSA) is 69.0 Å². The van der Waals surface area contributed by atoms with Crippen LogP contribution in [0.15, 0.2) is 61.1 Å². The second kappa shape index (κ2) is 8.92. The number of benzene rings is 1. The minimum Gasteiger partial charge on any atom is -0.384 e. The number of ether oxygens (including phenoxy) is 1. The first-order chi connectivity index (χ1) is 12.7. The average molecular weight is 350 g/mol. The molecule has 6 nitrogen and oxygen atoms in total. The SMILES string of the molecule is COCCc1ccnc(NC(=O)Cc2cnn(Cc3ccccc3)c2)c1. The lowest BCUT2D eigenvalue weighted by molar-refractivity contribution is -0.115. The van der Waals surface area contributed by atoms with Crippen LogP contribution in [0.25, 0.3) is 0 Å². The molecule has 6 heteroatoms. The summed E-state index contributed by atoms with van der Waals surface area (Å²) in [6, 6.07) is 13.9. The summed E-state index contributed by atoms with van der Waals surface area (Å²) in [4.78, 5) is 16.5. The molecule has 0 aliphatic rings. The van der Waals surface area contributed by atoms with Crippen LogP contribution >= 0.6 is 0 Å². The second-order valence-corrected chi connectivity index (χ2v) is 6.05. The van der Waals surface area contributed by atoms with Gasteiger partial charge in [-0.05, 0) is 35.2 Å². The molecule has 0 saturated heterocycles. The Morgan fingerprint density at radius 2 is 2.00 bits per heavy atom. The summed E-state index contributed by atoms with van der Waals surface area (Å²) in [6.07, 6.45) is 6.37. The lowest BCUT2D eigenvalue weighted by Crippen LogP contribution is -2.15. The Labute approximate surface area is 152 Å². The summed E-state index contributed by atoms with van der Waals surface area (Å²) in [6.45, 7) is 1.32. The van der Waals surface area contributed by atoms with Gasteiger partial charge in [0.1, 0.15) is 5.82 Å². The van der Waals surface area contributed by atoms with E-state index in [0.717, 1.165) is 17.5 Å². The third-order valence-corrected chi connectivity index (χ3v) is 3.93. The van der Waals surface area contributed by atoms with Crippen LogP contribution in [-0.4, -0.2) is 34.4 Å². The zero-order valence-corrected chi connectivity index (χ0v) is 14.8. The Hall–Kier alpha value is -2.99. The highest BCUT2D eigenvalue weighted by atomic mass is 16.5. The van der Waals surface area contributed by atoms with E-state index in [1.54, 1.807) is 19.5 Å². The number of nitrogens with one attached hydrogen (secondary N) is 1. The van der Waals surface area contributed by atoms with Gasteiger partial charge in [0, 0.05) is 19.5 Å². The molecule has 0 saturated carbocycles. The summed E-state index contributed by atoms with van der Waals surface area (Å²) in [5, 5.41) is 7.16. The van der Waals surface area contributed by atoms with Crippen LogP contribution in [0.2, 0.25) is 0 Å². The number of pyridine rings is 1. The molecule has 2 heterocycles. The molecule has 1 aromatic carbocycles. The minimum atomic E-state index is -0.111. The summed E-state index contributed by atoms with van der Waals surface area (Å²) in [7, 11) is 1.67. The maximum absolute atomic E-state index is 12.3. The number of anilines is 1. The molecule has 0 aliphatic carbocycles. The Morgan fingerprint density at radius 3 is 2.81 bits per heavy atom. The van der Waals surface area contributed by atoms with Crippen LogP contribution < -0.4 is 5.32 Å². The molecule has 0 fully saturated rings.